The standard InChI is InChI=1S/C26H31F4N5O2/c1-17-22(33-13-11-32-12-14-33)23(36)35(16-21(31)18-7-4-3-5-8-18)24(37)34(17)15-19-20(27)9-6-10-25(19,2)26(28,29)30/h3-9,21,32H,10-16,31H2,1-2H3/t21-,25?/m0/s1. The van der Waals surface area contributed by atoms with Gasteiger partial charge in [-0.25, -0.2) is 9.18 Å². The van der Waals surface area contributed by atoms with Gasteiger partial charge in [0.25, 0.3) is 5.56 Å². The van der Waals surface area contributed by atoms with Gasteiger partial charge in [0.15, 0.2) is 0 Å². The predicted molar refractivity (Wildman–Crippen MR) is 134 cm³/mol. The first kappa shape index (κ1) is 26.9. The molecule has 4 rings (SSSR count). The molecule has 2 atom stereocenters. The van der Waals surface area contributed by atoms with Gasteiger partial charge in [0.05, 0.1) is 18.5 Å². The first-order valence-corrected chi connectivity index (χ1v) is 12.2. The Morgan fingerprint density at radius 2 is 1.76 bits per heavy atom. The van der Waals surface area contributed by atoms with Crippen LogP contribution in [0.3, 0.4) is 0 Å². The van der Waals surface area contributed by atoms with Crippen molar-refractivity contribution in [2.24, 2.45) is 11.1 Å². The van der Waals surface area contributed by atoms with Crippen LogP contribution in [-0.4, -0.2) is 41.5 Å². The summed E-state index contributed by atoms with van der Waals surface area (Å²) >= 11 is 0. The molecule has 2 aliphatic rings. The van der Waals surface area contributed by atoms with Gasteiger partial charge in [0.2, 0.25) is 0 Å². The first-order chi connectivity index (χ1) is 17.5. The Bertz CT molecular complexity index is 1320. The van der Waals surface area contributed by atoms with Crippen LogP contribution in [0.25, 0.3) is 0 Å². The van der Waals surface area contributed by atoms with E-state index in [-0.39, 0.29) is 17.9 Å². The highest BCUT2D eigenvalue weighted by molar-refractivity contribution is 5.50. The molecule has 0 radical (unpaired) electrons. The predicted octanol–water partition coefficient (Wildman–Crippen LogP) is 3.18. The molecule has 37 heavy (non-hydrogen) atoms. The number of hydrogen-bond acceptors (Lipinski definition) is 5. The molecule has 0 bridgehead atoms. The minimum atomic E-state index is -4.74. The van der Waals surface area contributed by atoms with Crippen molar-refractivity contribution in [2.45, 2.75) is 45.6 Å². The Morgan fingerprint density at radius 3 is 2.38 bits per heavy atom. The lowest BCUT2D eigenvalue weighted by Crippen LogP contribution is -2.51. The molecule has 200 valence electrons. The molecule has 1 fully saturated rings. The zero-order valence-electron chi connectivity index (χ0n) is 20.8. The van der Waals surface area contributed by atoms with E-state index in [0.717, 1.165) is 28.2 Å². The van der Waals surface area contributed by atoms with E-state index in [2.05, 4.69) is 5.32 Å². The summed E-state index contributed by atoms with van der Waals surface area (Å²) in [5.41, 5.74) is 3.00. The summed E-state index contributed by atoms with van der Waals surface area (Å²) in [6.45, 7) is 3.76. The number of nitrogens with one attached hydrogen (secondary N) is 1. The Morgan fingerprint density at radius 1 is 1.11 bits per heavy atom. The van der Waals surface area contributed by atoms with E-state index in [9.17, 15) is 27.2 Å². The summed E-state index contributed by atoms with van der Waals surface area (Å²) < 4.78 is 59.4. The van der Waals surface area contributed by atoms with Crippen LogP contribution in [0.1, 0.15) is 30.6 Å². The van der Waals surface area contributed by atoms with Crippen molar-refractivity contribution in [3.63, 3.8) is 0 Å². The molecule has 1 aromatic heterocycles. The maximum Gasteiger partial charge on any atom is 0.398 e. The maximum atomic E-state index is 15.0. The van der Waals surface area contributed by atoms with Crippen LogP contribution in [0.4, 0.5) is 23.2 Å². The maximum absolute atomic E-state index is 15.0. The van der Waals surface area contributed by atoms with Gasteiger partial charge in [-0.1, -0.05) is 36.4 Å². The second-order valence-corrected chi connectivity index (χ2v) is 9.74. The summed E-state index contributed by atoms with van der Waals surface area (Å²) in [7, 11) is 0. The van der Waals surface area contributed by atoms with Crippen LogP contribution in [-0.2, 0) is 13.1 Å². The molecule has 3 N–H and O–H groups in total. The summed E-state index contributed by atoms with van der Waals surface area (Å²) in [5, 5.41) is 3.19. The fourth-order valence-corrected chi connectivity index (χ4v) is 4.97. The molecule has 1 aliphatic heterocycles. The topological polar surface area (TPSA) is 85.3 Å². The number of piperazine rings is 1. The number of hydrogen-bond donors (Lipinski definition) is 2. The third-order valence-corrected chi connectivity index (χ3v) is 7.38. The van der Waals surface area contributed by atoms with E-state index in [1.54, 1.807) is 24.3 Å². The van der Waals surface area contributed by atoms with Crippen molar-refractivity contribution in [3.8, 4) is 0 Å². The van der Waals surface area contributed by atoms with Crippen LogP contribution in [0, 0.1) is 12.3 Å². The normalized spacial score (nSPS) is 21.4. The smallest absolute Gasteiger partial charge is 0.363 e. The number of nitrogens with two attached hydrogens (primary N) is 1. The van der Waals surface area contributed by atoms with E-state index in [1.807, 2.05) is 11.0 Å². The van der Waals surface area contributed by atoms with Gasteiger partial charge in [0.1, 0.15) is 11.5 Å². The molecule has 2 heterocycles. The SMILES string of the molecule is Cc1c(N2CCNCC2)c(=O)n(C[C@H](N)c2ccccc2)c(=O)n1CC1=C(F)C=CCC1(C)C(F)(F)F. The molecule has 0 amide bonds. The molecule has 0 spiro atoms. The lowest BCUT2D eigenvalue weighted by atomic mass is 9.75. The number of alkyl halides is 3. The second-order valence-electron chi connectivity index (χ2n) is 9.74. The second kappa shape index (κ2) is 10.3. The Hall–Kier alpha value is -3.18. The fourth-order valence-electron chi connectivity index (χ4n) is 4.97. The number of halogens is 4. The molecule has 1 unspecified atom stereocenters. The van der Waals surface area contributed by atoms with Crippen LogP contribution in [0.2, 0.25) is 0 Å². The van der Waals surface area contributed by atoms with Crippen molar-refractivity contribution < 1.29 is 17.6 Å². The molecule has 2 aromatic rings. The van der Waals surface area contributed by atoms with Crippen LogP contribution < -0.4 is 27.2 Å². The molecule has 1 aliphatic carbocycles. The zero-order chi connectivity index (χ0) is 27.0. The van der Waals surface area contributed by atoms with E-state index >= 15 is 0 Å². The molecule has 1 aromatic carbocycles. The monoisotopic (exact) mass is 521 g/mol. The molecule has 0 saturated carbocycles. The highest BCUT2D eigenvalue weighted by Crippen LogP contribution is 2.50. The quantitative estimate of drug-likeness (QED) is 0.571. The average Bonchev–Trinajstić information content (AvgIpc) is 2.86. The van der Waals surface area contributed by atoms with Gasteiger partial charge in [-0.3, -0.25) is 13.9 Å². The fraction of sp³-hybridized carbons (Fsp3) is 0.462. The number of benzene rings is 1. The van der Waals surface area contributed by atoms with Gasteiger partial charge in [-0.05, 0) is 31.9 Å². The highest BCUT2D eigenvalue weighted by Gasteiger charge is 2.54. The molecule has 1 saturated heterocycles. The Labute approximate surface area is 211 Å². The zero-order valence-corrected chi connectivity index (χ0v) is 20.8. The minimum Gasteiger partial charge on any atom is -0.363 e. The van der Waals surface area contributed by atoms with Gasteiger partial charge >= 0.3 is 11.9 Å². The van der Waals surface area contributed by atoms with Gasteiger partial charge in [-0.2, -0.15) is 13.2 Å². The van der Waals surface area contributed by atoms with Crippen LogP contribution in [0.15, 0.2) is 63.5 Å². The molecular weight excluding hydrogens is 490 g/mol. The van der Waals surface area contributed by atoms with E-state index in [4.69, 9.17) is 5.73 Å². The largest absolute Gasteiger partial charge is 0.398 e. The average molecular weight is 522 g/mol. The lowest BCUT2D eigenvalue weighted by Gasteiger charge is -2.37. The highest BCUT2D eigenvalue weighted by atomic mass is 19.4. The molecular formula is C26H31F4N5O2. The number of rotatable bonds is 6. The summed E-state index contributed by atoms with van der Waals surface area (Å²) in [6.07, 6.45) is -3.04. The lowest BCUT2D eigenvalue weighted by molar-refractivity contribution is -0.204. The summed E-state index contributed by atoms with van der Waals surface area (Å²) in [5.74, 6) is -1.03. The van der Waals surface area contributed by atoms with Gasteiger partial charge in [-0.15, -0.1) is 0 Å². The van der Waals surface area contributed by atoms with E-state index in [0.29, 0.717) is 31.7 Å². The summed E-state index contributed by atoms with van der Waals surface area (Å²) in [4.78, 5) is 29.1. The van der Waals surface area contributed by atoms with Crippen LogP contribution in [0.5, 0.6) is 0 Å². The first-order valence-electron chi connectivity index (χ1n) is 12.2. The number of allylic oxidation sites excluding steroid dienone is 4. The molecule has 11 heteroatoms. The van der Waals surface area contributed by atoms with Crippen molar-refractivity contribution in [1.82, 2.24) is 14.5 Å². The third kappa shape index (κ3) is 5.02. The van der Waals surface area contributed by atoms with Crippen molar-refractivity contribution in [1.29, 1.82) is 0 Å². The van der Waals surface area contributed by atoms with E-state index < -0.39 is 53.2 Å². The Kier molecular flexibility index (Phi) is 7.48. The Balaban J connectivity index is 1.88. The number of nitrogens with zero attached hydrogens (tertiary/aromatic N) is 3. The summed E-state index contributed by atoms with van der Waals surface area (Å²) in [6, 6.07) is 8.18. The van der Waals surface area contributed by atoms with Crippen molar-refractivity contribution in [3.05, 3.63) is 86.0 Å². The van der Waals surface area contributed by atoms with Crippen molar-refractivity contribution in [2.75, 3.05) is 31.1 Å². The van der Waals surface area contributed by atoms with E-state index in [1.165, 1.54) is 6.92 Å². The van der Waals surface area contributed by atoms with Gasteiger partial charge in [0, 0.05) is 43.5 Å². The van der Waals surface area contributed by atoms with Crippen LogP contribution >= 0.6 is 0 Å². The van der Waals surface area contributed by atoms with Gasteiger partial charge < -0.3 is 16.0 Å². The molecule has 7 nitrogen and oxygen atoms in total. The third-order valence-electron chi connectivity index (χ3n) is 7.38. The minimum absolute atomic E-state index is 0.182. The number of anilines is 1. The number of aromatic nitrogens is 2. The van der Waals surface area contributed by atoms with Crippen molar-refractivity contribution >= 4 is 5.69 Å².